The average Bonchev–Trinajstić information content (AvgIpc) is 3.05. The topological polar surface area (TPSA) is 40.7 Å². The summed E-state index contributed by atoms with van der Waals surface area (Å²) in [5, 5.41) is 3.67. The molecule has 0 bridgehead atoms. The second-order valence-electron chi connectivity index (χ2n) is 5.42. The summed E-state index contributed by atoms with van der Waals surface area (Å²) in [5.74, 6) is 2.10. The van der Waals surface area contributed by atoms with E-state index < -0.39 is 0 Å². The van der Waals surface area contributed by atoms with Gasteiger partial charge in [0, 0.05) is 24.5 Å². The molecule has 2 aliphatic carbocycles. The minimum Gasteiger partial charge on any atom is -0.347 e. The van der Waals surface area contributed by atoms with Crippen LogP contribution in [0.3, 0.4) is 0 Å². The highest BCUT2D eigenvalue weighted by molar-refractivity contribution is 4.95. The van der Waals surface area contributed by atoms with E-state index in [9.17, 15) is 0 Å². The third kappa shape index (κ3) is 2.46. The zero-order chi connectivity index (χ0) is 10.8. The predicted molar refractivity (Wildman–Crippen MR) is 63.9 cm³/mol. The number of imidazole rings is 1. The fourth-order valence-corrected chi connectivity index (χ4v) is 3.04. The molecule has 88 valence electrons. The fraction of sp³-hybridized carbons (Fsp3) is 0.769. The van der Waals surface area contributed by atoms with Crippen LogP contribution < -0.4 is 5.32 Å². The van der Waals surface area contributed by atoms with Gasteiger partial charge >= 0.3 is 0 Å². The van der Waals surface area contributed by atoms with E-state index >= 15 is 0 Å². The van der Waals surface area contributed by atoms with Gasteiger partial charge < -0.3 is 10.3 Å². The van der Waals surface area contributed by atoms with Gasteiger partial charge in [0.05, 0.1) is 6.33 Å². The second kappa shape index (κ2) is 4.58. The van der Waals surface area contributed by atoms with E-state index in [4.69, 9.17) is 0 Å². The Balaban J connectivity index is 1.47. The maximum Gasteiger partial charge on any atom is 0.0922 e. The van der Waals surface area contributed by atoms with Crippen molar-refractivity contribution in [3.63, 3.8) is 0 Å². The Hall–Kier alpha value is -0.830. The largest absolute Gasteiger partial charge is 0.347 e. The molecule has 0 saturated heterocycles. The Bertz CT molecular complexity index is 316. The minimum absolute atomic E-state index is 0.739. The maximum atomic E-state index is 4.04. The van der Waals surface area contributed by atoms with E-state index in [1.54, 1.807) is 6.33 Å². The molecule has 2 N–H and O–H groups in total. The molecule has 2 unspecified atom stereocenters. The number of hydrogen-bond acceptors (Lipinski definition) is 2. The molecule has 2 atom stereocenters. The van der Waals surface area contributed by atoms with Gasteiger partial charge in [-0.25, -0.2) is 4.98 Å². The standard InChI is InChI=1S/C13H21N3/c1-2-11(10-4-5-10)6-12(3-1)15-8-13-7-14-9-16-13/h7,9-12,15H,1-6,8H2,(H,14,16). The Morgan fingerprint density at radius 2 is 2.19 bits per heavy atom. The van der Waals surface area contributed by atoms with E-state index in [0.29, 0.717) is 0 Å². The molecule has 3 nitrogen and oxygen atoms in total. The summed E-state index contributed by atoms with van der Waals surface area (Å²) in [5.41, 5.74) is 1.20. The first-order valence-electron chi connectivity index (χ1n) is 6.62. The Kier molecular flexibility index (Phi) is 2.96. The number of nitrogens with zero attached hydrogens (tertiary/aromatic N) is 1. The number of aromatic nitrogens is 2. The van der Waals surface area contributed by atoms with Crippen molar-refractivity contribution >= 4 is 0 Å². The van der Waals surface area contributed by atoms with Crippen LogP contribution in [-0.4, -0.2) is 16.0 Å². The van der Waals surface area contributed by atoms with Crippen molar-refractivity contribution in [3.05, 3.63) is 18.2 Å². The SMILES string of the molecule is c1ncc(CNC2CCCC(C3CC3)C2)[nH]1. The first-order chi connectivity index (χ1) is 7.92. The van der Waals surface area contributed by atoms with Gasteiger partial charge in [-0.3, -0.25) is 0 Å². The van der Waals surface area contributed by atoms with Gasteiger partial charge in [0.15, 0.2) is 0 Å². The van der Waals surface area contributed by atoms with Crippen molar-refractivity contribution in [2.75, 3.05) is 0 Å². The number of rotatable bonds is 4. The number of nitrogens with one attached hydrogen (secondary N) is 2. The van der Waals surface area contributed by atoms with Gasteiger partial charge in [0.2, 0.25) is 0 Å². The molecule has 0 aromatic carbocycles. The van der Waals surface area contributed by atoms with Crippen LogP contribution in [0.4, 0.5) is 0 Å². The van der Waals surface area contributed by atoms with Gasteiger partial charge in [-0.1, -0.05) is 12.8 Å². The predicted octanol–water partition coefficient (Wildman–Crippen LogP) is 2.47. The molecular weight excluding hydrogens is 198 g/mol. The molecule has 16 heavy (non-hydrogen) atoms. The van der Waals surface area contributed by atoms with Crippen LogP contribution in [0.15, 0.2) is 12.5 Å². The summed E-state index contributed by atoms with van der Waals surface area (Å²) in [6.07, 6.45) is 12.3. The number of H-pyrrole nitrogens is 1. The lowest BCUT2D eigenvalue weighted by atomic mass is 9.83. The first kappa shape index (κ1) is 10.3. The van der Waals surface area contributed by atoms with Crippen LogP contribution in [0.1, 0.15) is 44.2 Å². The van der Waals surface area contributed by atoms with Crippen LogP contribution in [0.5, 0.6) is 0 Å². The van der Waals surface area contributed by atoms with Crippen molar-refractivity contribution in [2.24, 2.45) is 11.8 Å². The highest BCUT2D eigenvalue weighted by Gasteiger charge is 2.34. The summed E-state index contributed by atoms with van der Waals surface area (Å²) in [6, 6.07) is 0.739. The molecule has 3 rings (SSSR count). The lowest BCUT2D eigenvalue weighted by Gasteiger charge is -2.29. The quantitative estimate of drug-likeness (QED) is 0.816. The Labute approximate surface area is 97.0 Å². The third-order valence-electron chi connectivity index (χ3n) is 4.14. The molecule has 2 saturated carbocycles. The second-order valence-corrected chi connectivity index (χ2v) is 5.42. The van der Waals surface area contributed by atoms with Gasteiger partial charge in [-0.05, 0) is 37.5 Å². The number of hydrogen-bond donors (Lipinski definition) is 2. The zero-order valence-corrected chi connectivity index (χ0v) is 9.78. The first-order valence-corrected chi connectivity index (χ1v) is 6.62. The highest BCUT2D eigenvalue weighted by atomic mass is 15.0. The van der Waals surface area contributed by atoms with E-state index in [2.05, 4.69) is 15.3 Å². The highest BCUT2D eigenvalue weighted by Crippen LogP contribution is 2.43. The number of aromatic amines is 1. The maximum absolute atomic E-state index is 4.04. The van der Waals surface area contributed by atoms with Crippen molar-refractivity contribution < 1.29 is 0 Å². The zero-order valence-electron chi connectivity index (χ0n) is 9.78. The average molecular weight is 219 g/mol. The Morgan fingerprint density at radius 1 is 1.25 bits per heavy atom. The molecule has 0 amide bonds. The van der Waals surface area contributed by atoms with Crippen molar-refractivity contribution in [1.29, 1.82) is 0 Å². The Morgan fingerprint density at radius 3 is 2.94 bits per heavy atom. The fourth-order valence-electron chi connectivity index (χ4n) is 3.04. The van der Waals surface area contributed by atoms with E-state index in [1.807, 2.05) is 6.20 Å². The van der Waals surface area contributed by atoms with Crippen LogP contribution in [0.25, 0.3) is 0 Å². The minimum atomic E-state index is 0.739. The van der Waals surface area contributed by atoms with Crippen molar-refractivity contribution in [1.82, 2.24) is 15.3 Å². The summed E-state index contributed by atoms with van der Waals surface area (Å²) in [7, 11) is 0. The van der Waals surface area contributed by atoms with Gasteiger partial charge in [0.1, 0.15) is 0 Å². The van der Waals surface area contributed by atoms with Crippen molar-refractivity contribution in [2.45, 2.75) is 51.1 Å². The summed E-state index contributed by atoms with van der Waals surface area (Å²) >= 11 is 0. The van der Waals surface area contributed by atoms with Gasteiger partial charge in [-0.15, -0.1) is 0 Å². The smallest absolute Gasteiger partial charge is 0.0922 e. The normalized spacial score (nSPS) is 30.5. The molecule has 0 radical (unpaired) electrons. The van der Waals surface area contributed by atoms with Crippen LogP contribution in [0, 0.1) is 11.8 Å². The molecule has 2 aliphatic rings. The van der Waals surface area contributed by atoms with Crippen molar-refractivity contribution in [3.8, 4) is 0 Å². The molecule has 1 aromatic heterocycles. The molecule has 1 aromatic rings. The van der Waals surface area contributed by atoms with E-state index in [-0.39, 0.29) is 0 Å². The summed E-state index contributed by atoms with van der Waals surface area (Å²) < 4.78 is 0. The molecule has 1 heterocycles. The molecular formula is C13H21N3. The monoisotopic (exact) mass is 219 g/mol. The molecule has 3 heteroatoms. The molecule has 0 spiro atoms. The summed E-state index contributed by atoms with van der Waals surface area (Å²) in [6.45, 7) is 0.946. The third-order valence-corrected chi connectivity index (χ3v) is 4.14. The van der Waals surface area contributed by atoms with Crippen LogP contribution in [0.2, 0.25) is 0 Å². The van der Waals surface area contributed by atoms with Gasteiger partial charge in [-0.2, -0.15) is 0 Å². The van der Waals surface area contributed by atoms with Gasteiger partial charge in [0.25, 0.3) is 0 Å². The molecule has 2 fully saturated rings. The van der Waals surface area contributed by atoms with E-state index in [1.165, 1.54) is 44.2 Å². The summed E-state index contributed by atoms with van der Waals surface area (Å²) in [4.78, 5) is 7.19. The van der Waals surface area contributed by atoms with E-state index in [0.717, 1.165) is 24.4 Å². The molecule has 0 aliphatic heterocycles. The van der Waals surface area contributed by atoms with Crippen LogP contribution >= 0.6 is 0 Å². The lowest BCUT2D eigenvalue weighted by Crippen LogP contribution is -2.34. The lowest BCUT2D eigenvalue weighted by molar-refractivity contribution is 0.260. The van der Waals surface area contributed by atoms with Crippen LogP contribution in [-0.2, 0) is 6.54 Å².